The largest absolute Gasteiger partial charge is 0.376 e. The van der Waals surface area contributed by atoms with Crippen molar-refractivity contribution < 1.29 is 4.74 Å². The topological polar surface area (TPSA) is 59.6 Å². The Bertz CT molecular complexity index is 527. The molecule has 1 fully saturated rings. The Balaban J connectivity index is 0.00000192. The Morgan fingerprint density at radius 3 is 2.74 bits per heavy atom. The van der Waals surface area contributed by atoms with Gasteiger partial charge in [0.2, 0.25) is 0 Å². The molecule has 0 heterocycles. The second-order valence-corrected chi connectivity index (χ2v) is 6.36. The lowest BCUT2D eigenvalue weighted by atomic mass is 9.98. The fourth-order valence-electron chi connectivity index (χ4n) is 3.45. The molecule has 0 atom stereocenters. The summed E-state index contributed by atoms with van der Waals surface area (Å²) in [5.74, 6) is 0.477. The molecule has 5 heteroatoms. The number of guanidine groups is 1. The van der Waals surface area contributed by atoms with Crippen LogP contribution in [0.25, 0.3) is 0 Å². The fraction of sp³-hybridized carbons (Fsp3) is 0.611. The van der Waals surface area contributed by atoms with Gasteiger partial charge in [-0.05, 0) is 55.4 Å². The zero-order valence-corrected chi connectivity index (χ0v) is 16.1. The molecule has 2 aliphatic rings. The number of aryl methyl sites for hydroxylation is 2. The van der Waals surface area contributed by atoms with Gasteiger partial charge in [-0.1, -0.05) is 25.3 Å². The van der Waals surface area contributed by atoms with Gasteiger partial charge in [-0.2, -0.15) is 0 Å². The van der Waals surface area contributed by atoms with E-state index in [9.17, 15) is 0 Å². The van der Waals surface area contributed by atoms with Crippen LogP contribution >= 0.6 is 24.0 Å². The van der Waals surface area contributed by atoms with Gasteiger partial charge in [0, 0.05) is 5.69 Å². The highest BCUT2D eigenvalue weighted by Crippen LogP contribution is 2.24. The highest BCUT2D eigenvalue weighted by atomic mass is 127. The number of hydrogen-bond acceptors (Lipinski definition) is 2. The van der Waals surface area contributed by atoms with E-state index in [1.807, 2.05) is 0 Å². The first-order valence-electron chi connectivity index (χ1n) is 8.61. The highest BCUT2D eigenvalue weighted by Gasteiger charge is 2.13. The molecular formula is C18H28IN3O. The Labute approximate surface area is 156 Å². The number of anilines is 1. The summed E-state index contributed by atoms with van der Waals surface area (Å²) in [5.41, 5.74) is 9.91. The van der Waals surface area contributed by atoms with E-state index in [-0.39, 0.29) is 24.0 Å². The van der Waals surface area contributed by atoms with E-state index in [1.54, 1.807) is 0 Å². The normalized spacial score (nSPS) is 18.3. The van der Waals surface area contributed by atoms with Crippen LogP contribution in [0.3, 0.4) is 0 Å². The number of hydrogen-bond donors (Lipinski definition) is 2. The molecule has 0 aromatic heterocycles. The zero-order chi connectivity index (χ0) is 15.2. The van der Waals surface area contributed by atoms with Crippen molar-refractivity contribution in [1.82, 2.24) is 0 Å². The van der Waals surface area contributed by atoms with Crippen LogP contribution in [0, 0.1) is 0 Å². The molecule has 2 aliphatic carbocycles. The maximum atomic E-state index is 5.95. The van der Waals surface area contributed by atoms with E-state index in [0.29, 0.717) is 25.2 Å². The monoisotopic (exact) mass is 429 g/mol. The molecule has 4 nitrogen and oxygen atoms in total. The molecule has 0 bridgehead atoms. The van der Waals surface area contributed by atoms with Crippen LogP contribution in [-0.2, 0) is 17.6 Å². The number of benzene rings is 1. The predicted molar refractivity (Wildman–Crippen MR) is 107 cm³/mol. The van der Waals surface area contributed by atoms with E-state index >= 15 is 0 Å². The molecule has 3 N–H and O–H groups in total. The van der Waals surface area contributed by atoms with Gasteiger partial charge >= 0.3 is 0 Å². The van der Waals surface area contributed by atoms with Gasteiger partial charge in [0.1, 0.15) is 0 Å². The van der Waals surface area contributed by atoms with Crippen LogP contribution < -0.4 is 11.1 Å². The highest BCUT2D eigenvalue weighted by molar-refractivity contribution is 14.0. The Kier molecular flexibility index (Phi) is 7.62. The SMILES string of the molecule is I.NC(=NCCOC1CCCCC1)Nc1ccc2c(c1)CCC2. The summed E-state index contributed by atoms with van der Waals surface area (Å²) in [6.45, 7) is 1.29. The van der Waals surface area contributed by atoms with Crippen molar-refractivity contribution in [1.29, 1.82) is 0 Å². The van der Waals surface area contributed by atoms with E-state index < -0.39 is 0 Å². The second-order valence-electron chi connectivity index (χ2n) is 6.36. The standard InChI is InChI=1S/C18H27N3O.HI/c19-18(20-11-12-22-17-7-2-1-3-8-17)21-16-10-9-14-5-4-6-15(14)13-16;/h9-10,13,17H,1-8,11-12H2,(H3,19,20,21);1H. The first kappa shape index (κ1) is 18.5. The lowest BCUT2D eigenvalue weighted by molar-refractivity contribution is 0.0335. The predicted octanol–water partition coefficient (Wildman–Crippen LogP) is 3.87. The van der Waals surface area contributed by atoms with E-state index in [2.05, 4.69) is 28.5 Å². The Hall–Kier alpha value is -0.820. The summed E-state index contributed by atoms with van der Waals surface area (Å²) in [6.07, 6.45) is 10.4. The zero-order valence-electron chi connectivity index (χ0n) is 13.7. The third-order valence-corrected chi connectivity index (χ3v) is 4.65. The summed E-state index contributed by atoms with van der Waals surface area (Å²) in [6, 6.07) is 6.48. The molecule has 1 saturated carbocycles. The van der Waals surface area contributed by atoms with Crippen molar-refractivity contribution in [3.63, 3.8) is 0 Å². The van der Waals surface area contributed by atoms with E-state index in [0.717, 1.165) is 5.69 Å². The average molecular weight is 429 g/mol. The maximum Gasteiger partial charge on any atom is 0.193 e. The van der Waals surface area contributed by atoms with Gasteiger partial charge in [-0.15, -0.1) is 24.0 Å². The van der Waals surface area contributed by atoms with Crippen molar-refractivity contribution in [2.24, 2.45) is 10.7 Å². The minimum atomic E-state index is 0. The Morgan fingerprint density at radius 1 is 1.13 bits per heavy atom. The van der Waals surface area contributed by atoms with E-state index in [1.165, 1.54) is 62.5 Å². The number of nitrogens with one attached hydrogen (secondary N) is 1. The summed E-state index contributed by atoms with van der Waals surface area (Å²) < 4.78 is 5.85. The summed E-state index contributed by atoms with van der Waals surface area (Å²) in [7, 11) is 0. The Morgan fingerprint density at radius 2 is 1.91 bits per heavy atom. The van der Waals surface area contributed by atoms with Crippen molar-refractivity contribution in [2.75, 3.05) is 18.5 Å². The summed E-state index contributed by atoms with van der Waals surface area (Å²) >= 11 is 0. The number of aliphatic imine (C=N–C) groups is 1. The number of fused-ring (bicyclic) bond motifs is 1. The second kappa shape index (κ2) is 9.47. The number of ether oxygens (including phenoxy) is 1. The third kappa shape index (κ3) is 5.64. The van der Waals surface area contributed by atoms with Crippen LogP contribution in [0.4, 0.5) is 5.69 Å². The third-order valence-electron chi connectivity index (χ3n) is 4.65. The van der Waals surface area contributed by atoms with Crippen LogP contribution in [0.15, 0.2) is 23.2 Å². The van der Waals surface area contributed by atoms with Crippen LogP contribution in [0.2, 0.25) is 0 Å². The van der Waals surface area contributed by atoms with Gasteiger partial charge in [0.25, 0.3) is 0 Å². The van der Waals surface area contributed by atoms with Crippen molar-refractivity contribution in [3.8, 4) is 0 Å². The van der Waals surface area contributed by atoms with Crippen LogP contribution in [0.1, 0.15) is 49.7 Å². The van der Waals surface area contributed by atoms with Gasteiger partial charge < -0.3 is 15.8 Å². The molecule has 0 saturated heterocycles. The number of nitrogens with two attached hydrogens (primary N) is 1. The van der Waals surface area contributed by atoms with E-state index in [4.69, 9.17) is 10.5 Å². The molecule has 128 valence electrons. The van der Waals surface area contributed by atoms with Crippen LogP contribution in [0.5, 0.6) is 0 Å². The average Bonchev–Trinajstić information content (AvgIpc) is 3.00. The van der Waals surface area contributed by atoms with Gasteiger partial charge in [0.05, 0.1) is 19.3 Å². The molecule has 1 aromatic carbocycles. The van der Waals surface area contributed by atoms with Crippen molar-refractivity contribution in [2.45, 2.75) is 57.5 Å². The number of halogens is 1. The fourth-order valence-corrected chi connectivity index (χ4v) is 3.45. The van der Waals surface area contributed by atoms with Gasteiger partial charge in [-0.25, -0.2) is 0 Å². The summed E-state index contributed by atoms with van der Waals surface area (Å²) in [4.78, 5) is 4.36. The lowest BCUT2D eigenvalue weighted by Gasteiger charge is -2.21. The molecule has 0 amide bonds. The molecule has 1 aromatic rings. The molecule has 0 radical (unpaired) electrons. The molecule has 0 spiro atoms. The number of rotatable bonds is 5. The maximum absolute atomic E-state index is 5.95. The molecule has 0 aliphatic heterocycles. The number of nitrogens with zero attached hydrogens (tertiary/aromatic N) is 1. The molecule has 3 rings (SSSR count). The molecular weight excluding hydrogens is 401 g/mol. The summed E-state index contributed by atoms with van der Waals surface area (Å²) in [5, 5.41) is 3.18. The van der Waals surface area contributed by atoms with Crippen molar-refractivity contribution in [3.05, 3.63) is 29.3 Å². The van der Waals surface area contributed by atoms with Gasteiger partial charge in [0.15, 0.2) is 5.96 Å². The van der Waals surface area contributed by atoms with Crippen LogP contribution in [-0.4, -0.2) is 25.2 Å². The molecule has 0 unspecified atom stereocenters. The van der Waals surface area contributed by atoms with Crippen molar-refractivity contribution >= 4 is 35.6 Å². The smallest absolute Gasteiger partial charge is 0.193 e. The minimum Gasteiger partial charge on any atom is -0.376 e. The minimum absolute atomic E-state index is 0. The lowest BCUT2D eigenvalue weighted by Crippen LogP contribution is -2.24. The first-order valence-corrected chi connectivity index (χ1v) is 8.61. The molecule has 23 heavy (non-hydrogen) atoms. The quantitative estimate of drug-likeness (QED) is 0.323. The first-order chi connectivity index (χ1) is 10.8. The van der Waals surface area contributed by atoms with Gasteiger partial charge in [-0.3, -0.25) is 4.99 Å².